The molecular formula is C18H17NO3. The second kappa shape index (κ2) is 5.93. The van der Waals surface area contributed by atoms with Crippen LogP contribution in [-0.2, 0) is 0 Å². The Kier molecular flexibility index (Phi) is 3.83. The molecule has 4 heteroatoms. The average Bonchev–Trinajstić information content (AvgIpc) is 3.06. The number of benzene rings is 2. The van der Waals surface area contributed by atoms with Gasteiger partial charge in [0.2, 0.25) is 5.75 Å². The van der Waals surface area contributed by atoms with Crippen LogP contribution in [0.1, 0.15) is 17.5 Å². The van der Waals surface area contributed by atoms with Gasteiger partial charge in [0.15, 0.2) is 11.5 Å². The molecule has 1 N–H and O–H groups in total. The van der Waals surface area contributed by atoms with Crippen molar-refractivity contribution in [2.75, 3.05) is 14.2 Å². The summed E-state index contributed by atoms with van der Waals surface area (Å²) in [5.74, 6) is 0.763. The van der Waals surface area contributed by atoms with Gasteiger partial charge in [0.25, 0.3) is 0 Å². The summed E-state index contributed by atoms with van der Waals surface area (Å²) in [7, 11) is 3.03. The summed E-state index contributed by atoms with van der Waals surface area (Å²) in [6.45, 7) is 0. The SMILES string of the molecule is COc1cc(C2=NC=C(c3ccccc3)C2)cc(OC)c1O. The minimum atomic E-state index is 0.00332. The van der Waals surface area contributed by atoms with Crippen molar-refractivity contribution in [3.63, 3.8) is 0 Å². The summed E-state index contributed by atoms with van der Waals surface area (Å²) < 4.78 is 10.4. The molecule has 0 bridgehead atoms. The van der Waals surface area contributed by atoms with E-state index in [9.17, 15) is 5.11 Å². The van der Waals surface area contributed by atoms with Crippen molar-refractivity contribution in [2.24, 2.45) is 4.99 Å². The fourth-order valence-corrected chi connectivity index (χ4v) is 2.49. The first-order valence-corrected chi connectivity index (χ1v) is 6.99. The summed E-state index contributed by atoms with van der Waals surface area (Å²) in [5.41, 5.74) is 4.14. The van der Waals surface area contributed by atoms with Gasteiger partial charge in [-0.15, -0.1) is 0 Å². The zero-order valence-electron chi connectivity index (χ0n) is 12.5. The van der Waals surface area contributed by atoms with E-state index in [4.69, 9.17) is 9.47 Å². The molecule has 4 nitrogen and oxygen atoms in total. The van der Waals surface area contributed by atoms with Crippen LogP contribution in [0.2, 0.25) is 0 Å². The predicted octanol–water partition coefficient (Wildman–Crippen LogP) is 3.64. The number of hydrogen-bond donors (Lipinski definition) is 1. The predicted molar refractivity (Wildman–Crippen MR) is 86.8 cm³/mol. The van der Waals surface area contributed by atoms with E-state index in [0.29, 0.717) is 11.5 Å². The Balaban J connectivity index is 1.88. The number of methoxy groups -OCH3 is 2. The molecule has 0 atom stereocenters. The summed E-state index contributed by atoms with van der Waals surface area (Å²) in [4.78, 5) is 4.51. The first kappa shape index (κ1) is 14.2. The summed E-state index contributed by atoms with van der Waals surface area (Å²) in [6.07, 6.45) is 2.62. The molecule has 2 aromatic rings. The van der Waals surface area contributed by atoms with Gasteiger partial charge < -0.3 is 14.6 Å². The molecule has 22 heavy (non-hydrogen) atoms. The van der Waals surface area contributed by atoms with Crippen molar-refractivity contribution >= 4 is 11.3 Å². The van der Waals surface area contributed by atoms with Crippen LogP contribution < -0.4 is 9.47 Å². The molecule has 3 rings (SSSR count). The first-order chi connectivity index (χ1) is 10.7. The molecule has 1 heterocycles. The van der Waals surface area contributed by atoms with Crippen LogP contribution in [0.4, 0.5) is 0 Å². The largest absolute Gasteiger partial charge is 0.502 e. The normalized spacial score (nSPS) is 13.5. The maximum atomic E-state index is 9.98. The van der Waals surface area contributed by atoms with Crippen LogP contribution >= 0.6 is 0 Å². The molecule has 0 aliphatic carbocycles. The lowest BCUT2D eigenvalue weighted by molar-refractivity contribution is 0.340. The third-order valence-corrected chi connectivity index (χ3v) is 3.69. The van der Waals surface area contributed by atoms with Gasteiger partial charge in [0.1, 0.15) is 0 Å². The van der Waals surface area contributed by atoms with E-state index in [1.807, 2.05) is 24.4 Å². The number of rotatable bonds is 4. The molecule has 0 amide bonds. The van der Waals surface area contributed by atoms with E-state index in [1.165, 1.54) is 25.4 Å². The highest BCUT2D eigenvalue weighted by Gasteiger charge is 2.18. The number of phenols is 1. The second-order valence-corrected chi connectivity index (χ2v) is 5.00. The van der Waals surface area contributed by atoms with Gasteiger partial charge in [-0.3, -0.25) is 4.99 Å². The fraction of sp³-hybridized carbons (Fsp3) is 0.167. The number of ether oxygens (including phenoxy) is 2. The Morgan fingerprint density at radius 2 is 1.59 bits per heavy atom. The number of allylic oxidation sites excluding steroid dienone is 1. The van der Waals surface area contributed by atoms with Gasteiger partial charge >= 0.3 is 0 Å². The zero-order valence-corrected chi connectivity index (χ0v) is 12.5. The number of hydrogen-bond acceptors (Lipinski definition) is 4. The fourth-order valence-electron chi connectivity index (χ4n) is 2.49. The summed E-state index contributed by atoms with van der Waals surface area (Å²) >= 11 is 0. The minimum Gasteiger partial charge on any atom is -0.502 e. The van der Waals surface area contributed by atoms with Crippen molar-refractivity contribution in [1.29, 1.82) is 0 Å². The van der Waals surface area contributed by atoms with E-state index >= 15 is 0 Å². The summed E-state index contributed by atoms with van der Waals surface area (Å²) in [6, 6.07) is 13.7. The van der Waals surface area contributed by atoms with Crippen molar-refractivity contribution in [1.82, 2.24) is 0 Å². The maximum absolute atomic E-state index is 9.98. The van der Waals surface area contributed by atoms with Crippen molar-refractivity contribution in [2.45, 2.75) is 6.42 Å². The molecule has 1 aliphatic rings. The Morgan fingerprint density at radius 3 is 2.18 bits per heavy atom. The number of aromatic hydroxyl groups is 1. The highest BCUT2D eigenvalue weighted by atomic mass is 16.5. The zero-order chi connectivity index (χ0) is 15.5. The van der Waals surface area contributed by atoms with Crippen LogP contribution in [0.25, 0.3) is 5.57 Å². The van der Waals surface area contributed by atoms with Crippen LogP contribution in [0.15, 0.2) is 53.7 Å². The lowest BCUT2D eigenvalue weighted by Crippen LogP contribution is -2.00. The Labute approximate surface area is 129 Å². The monoisotopic (exact) mass is 295 g/mol. The molecule has 0 unspecified atom stereocenters. The lowest BCUT2D eigenvalue weighted by atomic mass is 9.99. The molecule has 0 saturated heterocycles. The lowest BCUT2D eigenvalue weighted by Gasteiger charge is -2.11. The highest BCUT2D eigenvalue weighted by molar-refractivity contribution is 6.09. The Morgan fingerprint density at radius 1 is 0.955 bits per heavy atom. The summed E-state index contributed by atoms with van der Waals surface area (Å²) in [5, 5.41) is 9.98. The van der Waals surface area contributed by atoms with E-state index in [1.54, 1.807) is 12.1 Å². The smallest absolute Gasteiger partial charge is 0.200 e. The molecular weight excluding hydrogens is 278 g/mol. The molecule has 0 saturated carbocycles. The van der Waals surface area contributed by atoms with Crippen LogP contribution in [-0.4, -0.2) is 25.0 Å². The van der Waals surface area contributed by atoms with E-state index in [2.05, 4.69) is 17.1 Å². The van der Waals surface area contributed by atoms with Gasteiger partial charge in [-0.1, -0.05) is 30.3 Å². The number of aliphatic imine (C=N–C) groups is 1. The number of phenolic OH excluding ortho intramolecular Hbond substituents is 1. The third kappa shape index (κ3) is 2.55. The van der Waals surface area contributed by atoms with Crippen LogP contribution in [0.5, 0.6) is 17.2 Å². The van der Waals surface area contributed by atoms with Gasteiger partial charge in [0, 0.05) is 18.2 Å². The van der Waals surface area contributed by atoms with Crippen molar-refractivity contribution in [3.05, 3.63) is 59.8 Å². The average molecular weight is 295 g/mol. The van der Waals surface area contributed by atoms with E-state index in [-0.39, 0.29) is 5.75 Å². The molecule has 112 valence electrons. The molecule has 0 spiro atoms. The highest BCUT2D eigenvalue weighted by Crippen LogP contribution is 2.38. The molecule has 0 radical (unpaired) electrons. The standard InChI is InChI=1S/C18H17NO3/c1-21-16-9-13(10-17(22-2)18(16)20)15-8-14(11-19-15)12-6-4-3-5-7-12/h3-7,9-11,20H,8H2,1-2H3. The van der Waals surface area contributed by atoms with Crippen LogP contribution in [0, 0.1) is 0 Å². The number of nitrogens with zero attached hydrogens (tertiary/aromatic N) is 1. The van der Waals surface area contributed by atoms with Gasteiger partial charge in [0.05, 0.1) is 19.9 Å². The third-order valence-electron chi connectivity index (χ3n) is 3.69. The Hall–Kier alpha value is -2.75. The van der Waals surface area contributed by atoms with E-state index in [0.717, 1.165) is 17.7 Å². The van der Waals surface area contributed by atoms with Gasteiger partial charge in [-0.25, -0.2) is 0 Å². The van der Waals surface area contributed by atoms with Crippen molar-refractivity contribution in [3.8, 4) is 17.2 Å². The minimum absolute atomic E-state index is 0.00332. The topological polar surface area (TPSA) is 51.0 Å². The van der Waals surface area contributed by atoms with Gasteiger partial charge in [-0.2, -0.15) is 0 Å². The van der Waals surface area contributed by atoms with E-state index < -0.39 is 0 Å². The molecule has 0 aromatic heterocycles. The molecule has 1 aliphatic heterocycles. The quantitative estimate of drug-likeness (QED) is 0.936. The Bertz CT molecular complexity index is 723. The maximum Gasteiger partial charge on any atom is 0.200 e. The van der Waals surface area contributed by atoms with Gasteiger partial charge in [-0.05, 0) is 23.3 Å². The molecule has 2 aromatic carbocycles. The van der Waals surface area contributed by atoms with Crippen molar-refractivity contribution < 1.29 is 14.6 Å². The first-order valence-electron chi connectivity index (χ1n) is 6.99. The molecule has 0 fully saturated rings. The second-order valence-electron chi connectivity index (χ2n) is 5.00. The van der Waals surface area contributed by atoms with Crippen LogP contribution in [0.3, 0.4) is 0 Å².